The number of amides is 1. The van der Waals surface area contributed by atoms with Crippen molar-refractivity contribution in [3.05, 3.63) is 123 Å². The predicted molar refractivity (Wildman–Crippen MR) is 145 cm³/mol. The van der Waals surface area contributed by atoms with Crippen LogP contribution < -0.4 is 0 Å². The Hall–Kier alpha value is -3.46. The highest BCUT2D eigenvalue weighted by Gasteiger charge is 2.24. The molecule has 1 aliphatic rings. The van der Waals surface area contributed by atoms with E-state index in [1.54, 1.807) is 24.3 Å². The van der Waals surface area contributed by atoms with Crippen LogP contribution in [-0.4, -0.2) is 51.8 Å². The zero-order valence-corrected chi connectivity index (χ0v) is 21.9. The maximum atomic E-state index is 13.4. The van der Waals surface area contributed by atoms with Crippen molar-refractivity contribution in [3.63, 3.8) is 0 Å². The number of carbonyl (C=O) groups is 1. The number of rotatable bonds is 9. The van der Waals surface area contributed by atoms with Crippen LogP contribution in [0.15, 0.2) is 84.2 Å². The standard InChI is InChI=1S/C30H30F2N4OS/c31-26-10-6-24(7-11-26)19-35(20-25-8-12-27(32)13-9-25)21-29-33-28(22-38-29)30(37)36-16-14-34(15-17-36)18-23-4-2-1-3-5-23/h1-13,22H,14-21H2. The lowest BCUT2D eigenvalue weighted by Crippen LogP contribution is -2.48. The van der Waals surface area contributed by atoms with Gasteiger partial charge in [0.15, 0.2) is 0 Å². The molecule has 1 amide bonds. The van der Waals surface area contributed by atoms with Crippen LogP contribution in [0, 0.1) is 11.6 Å². The fraction of sp³-hybridized carbons (Fsp3) is 0.267. The normalized spacial score (nSPS) is 14.2. The van der Waals surface area contributed by atoms with Crippen LogP contribution in [0.1, 0.15) is 32.2 Å². The summed E-state index contributed by atoms with van der Waals surface area (Å²) in [6.45, 7) is 5.59. The minimum Gasteiger partial charge on any atom is -0.335 e. The third kappa shape index (κ3) is 7.10. The lowest BCUT2D eigenvalue weighted by molar-refractivity contribution is 0.0623. The lowest BCUT2D eigenvalue weighted by Gasteiger charge is -2.34. The second kappa shape index (κ2) is 12.4. The zero-order valence-electron chi connectivity index (χ0n) is 21.1. The van der Waals surface area contributed by atoms with E-state index in [-0.39, 0.29) is 17.5 Å². The number of aromatic nitrogens is 1. The summed E-state index contributed by atoms with van der Waals surface area (Å²) in [5.74, 6) is -0.582. The molecule has 0 atom stereocenters. The first kappa shape index (κ1) is 26.2. The summed E-state index contributed by atoms with van der Waals surface area (Å²) in [7, 11) is 0. The highest BCUT2D eigenvalue weighted by atomic mass is 32.1. The molecule has 4 aromatic rings. The quantitative estimate of drug-likeness (QED) is 0.282. The van der Waals surface area contributed by atoms with E-state index in [9.17, 15) is 13.6 Å². The van der Waals surface area contributed by atoms with Crippen LogP contribution in [0.5, 0.6) is 0 Å². The molecule has 1 aliphatic heterocycles. The van der Waals surface area contributed by atoms with E-state index in [1.807, 2.05) is 16.3 Å². The molecule has 0 bridgehead atoms. The highest BCUT2D eigenvalue weighted by Crippen LogP contribution is 2.19. The van der Waals surface area contributed by atoms with Crippen molar-refractivity contribution in [2.75, 3.05) is 26.2 Å². The van der Waals surface area contributed by atoms with E-state index in [0.717, 1.165) is 35.8 Å². The van der Waals surface area contributed by atoms with Gasteiger partial charge in [-0.25, -0.2) is 13.8 Å². The molecule has 0 saturated carbocycles. The van der Waals surface area contributed by atoms with E-state index in [0.29, 0.717) is 38.4 Å². The molecular weight excluding hydrogens is 502 g/mol. The Morgan fingerprint density at radius 2 is 1.34 bits per heavy atom. The number of thiazole rings is 1. The average Bonchev–Trinajstić information content (AvgIpc) is 3.40. The van der Waals surface area contributed by atoms with Gasteiger partial charge in [-0.2, -0.15) is 0 Å². The molecule has 0 aliphatic carbocycles. The van der Waals surface area contributed by atoms with Crippen LogP contribution in [0.2, 0.25) is 0 Å². The van der Waals surface area contributed by atoms with Gasteiger partial charge in [0, 0.05) is 51.2 Å². The van der Waals surface area contributed by atoms with Gasteiger partial charge in [-0.05, 0) is 41.0 Å². The molecule has 1 aromatic heterocycles. The van der Waals surface area contributed by atoms with E-state index in [1.165, 1.54) is 41.2 Å². The van der Waals surface area contributed by atoms with Gasteiger partial charge < -0.3 is 4.90 Å². The fourth-order valence-corrected chi connectivity index (χ4v) is 5.46. The fourth-order valence-electron chi connectivity index (χ4n) is 4.65. The molecular formula is C30H30F2N4OS. The Kier molecular flexibility index (Phi) is 8.53. The highest BCUT2D eigenvalue weighted by molar-refractivity contribution is 7.09. The van der Waals surface area contributed by atoms with Gasteiger partial charge in [-0.1, -0.05) is 54.6 Å². The van der Waals surface area contributed by atoms with Crippen LogP contribution in [0.4, 0.5) is 8.78 Å². The minimum atomic E-state index is -0.275. The molecule has 0 radical (unpaired) electrons. The zero-order chi connectivity index (χ0) is 26.3. The third-order valence-electron chi connectivity index (χ3n) is 6.68. The molecule has 196 valence electrons. The summed E-state index contributed by atoms with van der Waals surface area (Å²) in [6.07, 6.45) is 0. The van der Waals surface area contributed by atoms with Gasteiger partial charge in [0.05, 0.1) is 6.54 Å². The van der Waals surface area contributed by atoms with Crippen LogP contribution in [0.25, 0.3) is 0 Å². The lowest BCUT2D eigenvalue weighted by atomic mass is 10.1. The summed E-state index contributed by atoms with van der Waals surface area (Å²) >= 11 is 1.47. The van der Waals surface area contributed by atoms with Gasteiger partial charge in [-0.3, -0.25) is 14.6 Å². The second-order valence-corrected chi connectivity index (χ2v) is 10.5. The third-order valence-corrected chi connectivity index (χ3v) is 7.51. The molecule has 0 spiro atoms. The SMILES string of the molecule is O=C(c1csc(CN(Cc2ccc(F)cc2)Cc2ccc(F)cc2)n1)N1CCN(Cc2ccccc2)CC1. The summed E-state index contributed by atoms with van der Waals surface area (Å²) < 4.78 is 26.8. The molecule has 0 N–H and O–H groups in total. The van der Waals surface area contributed by atoms with Gasteiger partial charge in [0.25, 0.3) is 5.91 Å². The van der Waals surface area contributed by atoms with Gasteiger partial charge in [0.2, 0.25) is 0 Å². The molecule has 5 rings (SSSR count). The first-order valence-electron chi connectivity index (χ1n) is 12.7. The van der Waals surface area contributed by atoms with Crippen LogP contribution >= 0.6 is 11.3 Å². The molecule has 1 fully saturated rings. The number of benzene rings is 3. The molecule has 2 heterocycles. The van der Waals surface area contributed by atoms with E-state index in [4.69, 9.17) is 0 Å². The number of hydrogen-bond acceptors (Lipinski definition) is 5. The molecule has 8 heteroatoms. The van der Waals surface area contributed by atoms with Crippen molar-refractivity contribution in [2.45, 2.75) is 26.2 Å². The van der Waals surface area contributed by atoms with Crippen molar-refractivity contribution < 1.29 is 13.6 Å². The van der Waals surface area contributed by atoms with E-state index < -0.39 is 0 Å². The number of carbonyl (C=O) groups excluding carboxylic acids is 1. The van der Waals surface area contributed by atoms with Crippen molar-refractivity contribution in [1.82, 2.24) is 19.7 Å². The second-order valence-electron chi connectivity index (χ2n) is 9.58. The van der Waals surface area contributed by atoms with Gasteiger partial charge in [-0.15, -0.1) is 11.3 Å². The molecule has 3 aromatic carbocycles. The smallest absolute Gasteiger partial charge is 0.273 e. The first-order chi connectivity index (χ1) is 18.5. The Balaban J connectivity index is 1.21. The molecule has 38 heavy (non-hydrogen) atoms. The summed E-state index contributed by atoms with van der Waals surface area (Å²) in [4.78, 5) is 24.3. The topological polar surface area (TPSA) is 39.7 Å². The summed E-state index contributed by atoms with van der Waals surface area (Å²) in [5, 5.41) is 2.67. The van der Waals surface area contributed by atoms with Crippen molar-refractivity contribution in [3.8, 4) is 0 Å². The van der Waals surface area contributed by atoms with Crippen molar-refractivity contribution >= 4 is 17.2 Å². The summed E-state index contributed by atoms with van der Waals surface area (Å²) in [6, 6.07) is 23.2. The van der Waals surface area contributed by atoms with E-state index >= 15 is 0 Å². The van der Waals surface area contributed by atoms with E-state index in [2.05, 4.69) is 39.0 Å². The Bertz CT molecular complexity index is 1270. The Morgan fingerprint density at radius 1 is 0.763 bits per heavy atom. The van der Waals surface area contributed by atoms with Crippen LogP contribution in [-0.2, 0) is 26.2 Å². The Labute approximate surface area is 226 Å². The number of halogens is 2. The summed E-state index contributed by atoms with van der Waals surface area (Å²) in [5.41, 5.74) is 3.69. The average molecular weight is 533 g/mol. The van der Waals surface area contributed by atoms with Crippen molar-refractivity contribution in [1.29, 1.82) is 0 Å². The van der Waals surface area contributed by atoms with Crippen molar-refractivity contribution in [2.24, 2.45) is 0 Å². The minimum absolute atomic E-state index is 0.0320. The Morgan fingerprint density at radius 3 is 1.92 bits per heavy atom. The number of hydrogen-bond donors (Lipinski definition) is 0. The molecule has 1 saturated heterocycles. The molecule has 5 nitrogen and oxygen atoms in total. The first-order valence-corrected chi connectivity index (χ1v) is 13.6. The largest absolute Gasteiger partial charge is 0.335 e. The number of piperazine rings is 1. The molecule has 0 unspecified atom stereocenters. The number of nitrogens with zero attached hydrogens (tertiary/aromatic N) is 4. The monoisotopic (exact) mass is 532 g/mol. The van der Waals surface area contributed by atoms with Crippen LogP contribution in [0.3, 0.4) is 0 Å². The maximum absolute atomic E-state index is 13.4. The van der Waals surface area contributed by atoms with Gasteiger partial charge in [0.1, 0.15) is 22.3 Å². The van der Waals surface area contributed by atoms with Gasteiger partial charge >= 0.3 is 0 Å². The maximum Gasteiger partial charge on any atom is 0.273 e. The predicted octanol–water partition coefficient (Wildman–Crippen LogP) is 5.58.